The normalized spacial score (nSPS) is 44.5. The number of methoxy groups -OCH3 is 3. The number of hydrogen-bond donors (Lipinski definition) is 11. The van der Waals surface area contributed by atoms with Gasteiger partial charge in [-0.05, 0) is 0 Å². The molecule has 25 atom stereocenters. The van der Waals surface area contributed by atoms with E-state index in [1.165, 1.54) is 0 Å². The predicted octanol–water partition coefficient (Wildman–Crippen LogP) is -8.07. The summed E-state index contributed by atoms with van der Waals surface area (Å²) in [5.74, 6) is -6.56. The Morgan fingerprint density at radius 3 is 1.16 bits per heavy atom. The fourth-order valence-electron chi connectivity index (χ4n) is 8.59. The monoisotopic (exact) mass is 1020 g/mol. The van der Waals surface area contributed by atoms with Crippen LogP contribution in [0.1, 0.15) is 20.8 Å². The molecule has 0 unspecified atom stereocenters. The smallest absolute Gasteiger partial charge is 0.335 e. The van der Waals surface area contributed by atoms with Gasteiger partial charge in [-0.2, -0.15) is 0 Å². The van der Waals surface area contributed by atoms with Crippen LogP contribution < -0.4 is 0 Å². The lowest BCUT2D eigenvalue weighted by molar-refractivity contribution is -0.389. The first-order valence-electron chi connectivity index (χ1n) is 21.4. The summed E-state index contributed by atoms with van der Waals surface area (Å²) in [6.45, 7) is 0.0303. The molecule has 5 heterocycles. The quantitative estimate of drug-likeness (QED) is 0.0423. The van der Waals surface area contributed by atoms with Crippen LogP contribution in [0.15, 0.2) is 0 Å². The van der Waals surface area contributed by atoms with Gasteiger partial charge in [0.25, 0.3) is 0 Å². The number of carbonyl (C=O) groups is 5. The Hall–Kier alpha value is -3.49. The highest BCUT2D eigenvalue weighted by Gasteiger charge is 2.60. The van der Waals surface area contributed by atoms with Crippen LogP contribution in [0.5, 0.6) is 0 Å². The summed E-state index contributed by atoms with van der Waals surface area (Å²) in [7, 11) is 3.16. The Morgan fingerprint density at radius 2 is 0.714 bits per heavy atom. The van der Waals surface area contributed by atoms with Crippen LogP contribution in [0.2, 0.25) is 0 Å². The van der Waals surface area contributed by atoms with Crippen LogP contribution in [0.3, 0.4) is 0 Å². The molecule has 402 valence electrons. The maximum Gasteiger partial charge on any atom is 0.335 e. The molecule has 0 spiro atoms. The van der Waals surface area contributed by atoms with E-state index in [0.29, 0.717) is 0 Å². The van der Waals surface area contributed by atoms with Gasteiger partial charge in [0.2, 0.25) is 0 Å². The Balaban J connectivity index is 1.36. The van der Waals surface area contributed by atoms with Crippen molar-refractivity contribution in [2.75, 3.05) is 41.2 Å². The number of ether oxygens (including phenoxy) is 15. The van der Waals surface area contributed by atoms with Gasteiger partial charge in [-0.1, -0.05) is 0 Å². The van der Waals surface area contributed by atoms with Crippen molar-refractivity contribution in [2.24, 2.45) is 0 Å². The summed E-state index contributed by atoms with van der Waals surface area (Å²) in [4.78, 5) is 61.9. The highest BCUT2D eigenvalue weighted by molar-refractivity contribution is 5.74. The lowest BCUT2D eigenvalue weighted by atomic mass is 9.95. The molecular weight excluding hydrogens is 964 g/mol. The highest BCUT2D eigenvalue weighted by Crippen LogP contribution is 2.38. The van der Waals surface area contributed by atoms with E-state index in [4.69, 9.17) is 71.1 Å². The second kappa shape index (κ2) is 25.0. The van der Waals surface area contributed by atoms with Crippen LogP contribution in [-0.2, 0) is 95.0 Å². The molecule has 5 saturated heterocycles. The summed E-state index contributed by atoms with van der Waals surface area (Å²) in [6, 6.07) is 0. The van der Waals surface area contributed by atoms with E-state index >= 15 is 0 Å². The number of carbonyl (C=O) groups excluding carboxylic acids is 3. The zero-order chi connectivity index (χ0) is 52.0. The molecule has 0 aromatic carbocycles. The van der Waals surface area contributed by atoms with Crippen molar-refractivity contribution in [3.05, 3.63) is 0 Å². The minimum atomic E-state index is -2.27. The van der Waals surface area contributed by atoms with Crippen LogP contribution >= 0.6 is 0 Å². The third-order valence-electron chi connectivity index (χ3n) is 11.8. The molecule has 0 bridgehead atoms. The van der Waals surface area contributed by atoms with Crippen molar-refractivity contribution < 1.29 is 151 Å². The predicted molar refractivity (Wildman–Crippen MR) is 211 cm³/mol. The lowest BCUT2D eigenvalue weighted by Crippen LogP contribution is -2.69. The van der Waals surface area contributed by atoms with E-state index in [1.54, 1.807) is 0 Å². The fourth-order valence-corrected chi connectivity index (χ4v) is 8.59. The number of carboxylic acid groups (broad SMARTS) is 2. The number of aliphatic carboxylic acids is 2. The topological polar surface area (TPSA) is 446 Å². The molecule has 0 aliphatic carbocycles. The van der Waals surface area contributed by atoms with Crippen LogP contribution in [0, 0.1) is 0 Å². The average molecular weight is 1020 g/mol. The van der Waals surface area contributed by atoms with Gasteiger partial charge in [0, 0.05) is 42.1 Å². The largest absolute Gasteiger partial charge is 0.479 e. The third-order valence-corrected chi connectivity index (χ3v) is 11.8. The highest BCUT2D eigenvalue weighted by atomic mass is 16.8. The molecule has 0 saturated carbocycles. The van der Waals surface area contributed by atoms with Gasteiger partial charge in [-0.25, -0.2) is 9.59 Å². The number of hydrogen-bond acceptors (Lipinski definition) is 29. The van der Waals surface area contributed by atoms with Crippen LogP contribution in [-0.4, -0.2) is 281 Å². The van der Waals surface area contributed by atoms with E-state index < -0.39 is 203 Å². The molecule has 31 heteroatoms. The number of carboxylic acids is 2. The average Bonchev–Trinajstić information content (AvgIpc) is 3.30. The maximum absolute atomic E-state index is 12.8. The summed E-state index contributed by atoms with van der Waals surface area (Å²) >= 11 is 0. The van der Waals surface area contributed by atoms with E-state index in [0.717, 1.165) is 42.1 Å². The van der Waals surface area contributed by atoms with Gasteiger partial charge < -0.3 is 127 Å². The number of rotatable bonds is 19. The molecule has 31 nitrogen and oxygen atoms in total. The second-order valence-electron chi connectivity index (χ2n) is 16.4. The minimum absolute atomic E-state index is 0.816. The Bertz CT molecular complexity index is 1750. The Labute approximate surface area is 396 Å². The van der Waals surface area contributed by atoms with Gasteiger partial charge in [0.05, 0.1) is 19.8 Å². The molecule has 0 aromatic rings. The van der Waals surface area contributed by atoms with E-state index in [-0.39, 0.29) is 0 Å². The van der Waals surface area contributed by atoms with E-state index in [2.05, 4.69) is 0 Å². The fraction of sp³-hybridized carbons (Fsp3) is 0.872. The molecule has 0 amide bonds. The van der Waals surface area contributed by atoms with Crippen molar-refractivity contribution in [3.8, 4) is 0 Å². The van der Waals surface area contributed by atoms with Crippen LogP contribution in [0.25, 0.3) is 0 Å². The molecule has 5 aliphatic rings. The van der Waals surface area contributed by atoms with Crippen molar-refractivity contribution in [1.29, 1.82) is 0 Å². The summed E-state index contributed by atoms with van der Waals surface area (Å²) < 4.78 is 82.7. The molecule has 5 aliphatic heterocycles. The van der Waals surface area contributed by atoms with Crippen molar-refractivity contribution in [1.82, 2.24) is 0 Å². The zero-order valence-corrected chi connectivity index (χ0v) is 38.1. The molecule has 5 rings (SSSR count). The standard InChI is InChI=1S/C39H60O31/c1-10(43)59-24-15(9-42)64-37(21(51)26(24)60-11(2)44)68-29-27(57-5)32(61-12(3)45)39(70-31(29)34(54)55)66-23-14(8-41)63-36(19(49)17(23)47)67-28-25(56-4)20(50)38(69-30(28)33(52)53)65-22-13(7-40)62-35(58-6)18(48)16(22)46/h13-32,35-42,46-51H,7-9H2,1-6H3,(H,52,53)(H,54,55)/t13-,14-,15-,16-,17-,18-,19-,20-,21-,22-,23-,24-,25-,26-,27+,28+,29+,30-,31+,32-,35+,36-,37-,38-,39-/m1/s1. The zero-order valence-electron chi connectivity index (χ0n) is 38.1. The molecule has 5 fully saturated rings. The van der Waals surface area contributed by atoms with Gasteiger partial charge >= 0.3 is 29.8 Å². The summed E-state index contributed by atoms with van der Waals surface area (Å²) in [5.41, 5.74) is 0. The van der Waals surface area contributed by atoms with E-state index in [9.17, 15) is 80.1 Å². The first-order valence-corrected chi connectivity index (χ1v) is 21.4. The van der Waals surface area contributed by atoms with Crippen molar-refractivity contribution >= 4 is 29.8 Å². The van der Waals surface area contributed by atoms with Gasteiger partial charge in [0.15, 0.2) is 62.0 Å². The van der Waals surface area contributed by atoms with Crippen LogP contribution in [0.4, 0.5) is 0 Å². The first-order chi connectivity index (χ1) is 33.1. The van der Waals surface area contributed by atoms with Gasteiger partial charge in [-0.3, -0.25) is 14.4 Å². The van der Waals surface area contributed by atoms with E-state index in [1.807, 2.05) is 0 Å². The number of aliphatic hydroxyl groups is 9. The Morgan fingerprint density at radius 1 is 0.371 bits per heavy atom. The minimum Gasteiger partial charge on any atom is -0.479 e. The summed E-state index contributed by atoms with van der Waals surface area (Å²) in [6.07, 6.45) is -47.3. The Kier molecular flexibility index (Phi) is 20.5. The summed E-state index contributed by atoms with van der Waals surface area (Å²) in [5, 5.41) is 118. The maximum atomic E-state index is 12.8. The molecular formula is C39H60O31. The lowest BCUT2D eigenvalue weighted by Gasteiger charge is -2.50. The molecule has 0 radical (unpaired) electrons. The third kappa shape index (κ3) is 12.5. The SMILES string of the molecule is CO[C@H]1O[C@H](CO)[C@@H](O[C@@H]2O[C@@H](C(=O)O)[C@@H](O[C@H]3O[C@H](CO)[C@@H](O[C@@H]4O[C@H](C(=O)O)[C@@H](O[C@H]5O[C@H](CO)[C@@H](OC(C)=O)[C@H](OC(C)=O)[C@H]5O)[C@H](OC)[C@H]4OC(C)=O)[C@H](O)[C@H]3O)[C@H](OC)[C@H]2O)[C@H](O)[C@H]1O. The molecule has 0 aromatic heterocycles. The van der Waals surface area contributed by atoms with Crippen molar-refractivity contribution in [2.45, 2.75) is 174 Å². The van der Waals surface area contributed by atoms with Gasteiger partial charge in [0.1, 0.15) is 91.6 Å². The number of aliphatic hydroxyl groups excluding tert-OH is 9. The molecule has 11 N–H and O–H groups in total. The van der Waals surface area contributed by atoms with Crippen molar-refractivity contribution in [3.63, 3.8) is 0 Å². The number of esters is 3. The first kappa shape index (κ1) is 57.4. The second-order valence-corrected chi connectivity index (χ2v) is 16.4. The molecule has 70 heavy (non-hydrogen) atoms. The van der Waals surface area contributed by atoms with Gasteiger partial charge in [-0.15, -0.1) is 0 Å².